The third-order valence-electron chi connectivity index (χ3n) is 3.68. The van der Waals surface area contributed by atoms with E-state index in [1.807, 2.05) is 31.2 Å². The van der Waals surface area contributed by atoms with E-state index in [0.717, 1.165) is 11.1 Å². The molecular formula is C17H20FNO2S. The maximum atomic E-state index is 13.8. The molecule has 2 rings (SSSR count). The molecule has 0 aromatic heterocycles. The molecule has 0 aliphatic heterocycles. The Kier molecular flexibility index (Phi) is 4.98. The van der Waals surface area contributed by atoms with Crippen molar-refractivity contribution in [3.63, 3.8) is 0 Å². The Labute approximate surface area is 131 Å². The summed E-state index contributed by atoms with van der Waals surface area (Å²) in [6.45, 7) is 1.87. The van der Waals surface area contributed by atoms with Crippen LogP contribution in [0.15, 0.2) is 48.5 Å². The molecule has 3 nitrogen and oxygen atoms in total. The molecule has 0 amide bonds. The highest BCUT2D eigenvalue weighted by atomic mass is 32.2. The fourth-order valence-corrected chi connectivity index (χ4v) is 3.37. The van der Waals surface area contributed by atoms with Gasteiger partial charge in [0.15, 0.2) is 0 Å². The zero-order valence-electron chi connectivity index (χ0n) is 13.0. The van der Waals surface area contributed by atoms with Crippen molar-refractivity contribution in [2.75, 3.05) is 19.8 Å². The molecule has 0 spiro atoms. The third-order valence-corrected chi connectivity index (χ3v) is 5.72. The molecule has 0 aliphatic rings. The number of benzene rings is 2. The second-order valence-corrected chi connectivity index (χ2v) is 7.79. The number of nitrogens with zero attached hydrogens (tertiary/aromatic N) is 1. The summed E-state index contributed by atoms with van der Waals surface area (Å²) in [5.41, 5.74) is 2.25. The van der Waals surface area contributed by atoms with E-state index in [1.54, 1.807) is 18.2 Å². The maximum Gasteiger partial charge on any atom is 0.214 e. The lowest BCUT2D eigenvalue weighted by molar-refractivity contribution is 0.516. The van der Waals surface area contributed by atoms with Crippen LogP contribution in [0, 0.1) is 5.82 Å². The van der Waals surface area contributed by atoms with Gasteiger partial charge in [-0.1, -0.05) is 49.4 Å². The van der Waals surface area contributed by atoms with Crippen molar-refractivity contribution >= 4 is 10.0 Å². The molecule has 0 bridgehead atoms. The molecule has 1 unspecified atom stereocenters. The predicted octanol–water partition coefficient (Wildman–Crippen LogP) is 3.49. The van der Waals surface area contributed by atoms with Crippen LogP contribution in [0.25, 0.3) is 11.1 Å². The van der Waals surface area contributed by atoms with E-state index in [-0.39, 0.29) is 17.5 Å². The zero-order valence-corrected chi connectivity index (χ0v) is 13.8. The topological polar surface area (TPSA) is 37.4 Å². The lowest BCUT2D eigenvalue weighted by Gasteiger charge is -2.16. The van der Waals surface area contributed by atoms with Gasteiger partial charge in [-0.25, -0.2) is 17.1 Å². The lowest BCUT2D eigenvalue weighted by atomic mass is 9.98. The van der Waals surface area contributed by atoms with E-state index in [2.05, 4.69) is 0 Å². The van der Waals surface area contributed by atoms with Gasteiger partial charge in [-0.05, 0) is 23.1 Å². The van der Waals surface area contributed by atoms with Crippen LogP contribution in [0.4, 0.5) is 4.39 Å². The van der Waals surface area contributed by atoms with Crippen LogP contribution in [0.2, 0.25) is 0 Å². The Hall–Kier alpha value is -1.72. The molecule has 0 heterocycles. The molecule has 0 aliphatic carbocycles. The number of halogens is 1. The van der Waals surface area contributed by atoms with Crippen LogP contribution >= 0.6 is 0 Å². The van der Waals surface area contributed by atoms with Gasteiger partial charge in [0.2, 0.25) is 10.0 Å². The number of sulfonamides is 1. The Morgan fingerprint density at radius 2 is 1.64 bits per heavy atom. The smallest absolute Gasteiger partial charge is 0.212 e. The molecule has 0 fully saturated rings. The molecule has 2 aromatic rings. The molecule has 1 atom stereocenters. The Morgan fingerprint density at radius 3 is 2.18 bits per heavy atom. The molecule has 0 saturated heterocycles. The van der Waals surface area contributed by atoms with Gasteiger partial charge in [0.05, 0.1) is 5.75 Å². The normalized spacial score (nSPS) is 13.3. The van der Waals surface area contributed by atoms with Gasteiger partial charge in [0.1, 0.15) is 5.82 Å². The highest BCUT2D eigenvalue weighted by molar-refractivity contribution is 7.89. The first-order valence-electron chi connectivity index (χ1n) is 7.06. The fraction of sp³-hybridized carbons (Fsp3) is 0.294. The van der Waals surface area contributed by atoms with Crippen LogP contribution in [0.5, 0.6) is 0 Å². The van der Waals surface area contributed by atoms with Gasteiger partial charge in [0.25, 0.3) is 0 Å². The van der Waals surface area contributed by atoms with E-state index < -0.39 is 10.0 Å². The van der Waals surface area contributed by atoms with Crippen LogP contribution in [-0.2, 0) is 10.0 Å². The molecule has 0 saturated carbocycles. The summed E-state index contributed by atoms with van der Waals surface area (Å²) in [6.07, 6.45) is 0. The van der Waals surface area contributed by atoms with E-state index in [9.17, 15) is 12.8 Å². The minimum atomic E-state index is -3.24. The van der Waals surface area contributed by atoms with Gasteiger partial charge in [-0.2, -0.15) is 0 Å². The van der Waals surface area contributed by atoms with Crippen molar-refractivity contribution < 1.29 is 12.8 Å². The summed E-state index contributed by atoms with van der Waals surface area (Å²) in [5.74, 6) is -0.334. The lowest BCUT2D eigenvalue weighted by Crippen LogP contribution is -2.27. The van der Waals surface area contributed by atoms with Gasteiger partial charge in [-0.3, -0.25) is 0 Å². The second-order valence-electron chi connectivity index (χ2n) is 5.56. The summed E-state index contributed by atoms with van der Waals surface area (Å²) in [6, 6.07) is 14.0. The number of hydrogen-bond acceptors (Lipinski definition) is 2. The van der Waals surface area contributed by atoms with Crippen molar-refractivity contribution in [3.05, 3.63) is 59.9 Å². The van der Waals surface area contributed by atoms with Crippen molar-refractivity contribution in [1.29, 1.82) is 0 Å². The number of hydrogen-bond donors (Lipinski definition) is 0. The highest BCUT2D eigenvalue weighted by Crippen LogP contribution is 2.25. The summed E-state index contributed by atoms with van der Waals surface area (Å²) in [5, 5.41) is 0. The molecular weight excluding hydrogens is 301 g/mol. The van der Waals surface area contributed by atoms with Crippen LogP contribution in [0.3, 0.4) is 0 Å². The van der Waals surface area contributed by atoms with Crippen molar-refractivity contribution in [3.8, 4) is 11.1 Å². The first-order valence-corrected chi connectivity index (χ1v) is 8.67. The van der Waals surface area contributed by atoms with Crippen molar-refractivity contribution in [2.45, 2.75) is 12.8 Å². The van der Waals surface area contributed by atoms with Crippen LogP contribution < -0.4 is 0 Å². The number of rotatable bonds is 5. The summed E-state index contributed by atoms with van der Waals surface area (Å²) < 4.78 is 38.8. The van der Waals surface area contributed by atoms with Gasteiger partial charge >= 0.3 is 0 Å². The zero-order chi connectivity index (χ0) is 16.3. The highest BCUT2D eigenvalue weighted by Gasteiger charge is 2.19. The SMILES string of the molecule is CC(CS(=O)(=O)N(C)C)c1ccc(-c2ccccc2F)cc1. The minimum absolute atomic E-state index is 0.0546. The van der Waals surface area contributed by atoms with Gasteiger partial charge in [0, 0.05) is 19.7 Å². The maximum absolute atomic E-state index is 13.8. The van der Waals surface area contributed by atoms with E-state index in [0.29, 0.717) is 5.56 Å². The van der Waals surface area contributed by atoms with Crippen molar-refractivity contribution in [2.24, 2.45) is 0 Å². The molecule has 0 radical (unpaired) electrons. The molecule has 118 valence electrons. The van der Waals surface area contributed by atoms with E-state index in [1.165, 1.54) is 24.5 Å². The Balaban J connectivity index is 2.21. The van der Waals surface area contributed by atoms with E-state index in [4.69, 9.17) is 0 Å². The Morgan fingerprint density at radius 1 is 1.05 bits per heavy atom. The quantitative estimate of drug-likeness (QED) is 0.845. The summed E-state index contributed by atoms with van der Waals surface area (Å²) >= 11 is 0. The van der Waals surface area contributed by atoms with Gasteiger partial charge in [-0.15, -0.1) is 0 Å². The van der Waals surface area contributed by atoms with Gasteiger partial charge < -0.3 is 0 Å². The minimum Gasteiger partial charge on any atom is -0.212 e. The largest absolute Gasteiger partial charge is 0.214 e. The summed E-state index contributed by atoms with van der Waals surface area (Å²) in [7, 11) is -0.179. The monoisotopic (exact) mass is 321 g/mol. The molecule has 0 N–H and O–H groups in total. The molecule has 5 heteroatoms. The third kappa shape index (κ3) is 3.72. The first-order chi connectivity index (χ1) is 10.3. The van der Waals surface area contributed by atoms with Crippen molar-refractivity contribution in [1.82, 2.24) is 4.31 Å². The molecule has 2 aromatic carbocycles. The average molecular weight is 321 g/mol. The first kappa shape index (κ1) is 16.6. The summed E-state index contributed by atoms with van der Waals surface area (Å²) in [4.78, 5) is 0. The predicted molar refractivity (Wildman–Crippen MR) is 87.7 cm³/mol. The fourth-order valence-electron chi connectivity index (χ4n) is 2.25. The van der Waals surface area contributed by atoms with E-state index >= 15 is 0 Å². The standard InChI is InChI=1S/C17H20FNO2S/c1-13(12-22(20,21)19(2)3)14-8-10-15(11-9-14)16-6-4-5-7-17(16)18/h4-11,13H,12H2,1-3H3. The second kappa shape index (κ2) is 6.58. The average Bonchev–Trinajstić information content (AvgIpc) is 2.47. The molecule has 22 heavy (non-hydrogen) atoms. The van der Waals surface area contributed by atoms with Crippen LogP contribution in [0.1, 0.15) is 18.4 Å². The van der Waals surface area contributed by atoms with Crippen LogP contribution in [-0.4, -0.2) is 32.6 Å². The Bertz CT molecular complexity index is 740.